The number of nitrogens with zero attached hydrogens (tertiary/aromatic N) is 2. The zero-order chi connectivity index (χ0) is 25.5. The number of carboxylic acid groups (broad SMARTS) is 1. The highest BCUT2D eigenvalue weighted by Gasteiger charge is 2.31. The van der Waals surface area contributed by atoms with Crippen molar-refractivity contribution in [2.75, 3.05) is 26.7 Å². The lowest BCUT2D eigenvalue weighted by Crippen LogP contribution is -2.42. The van der Waals surface area contributed by atoms with Crippen LogP contribution in [0, 0.1) is 17.7 Å². The average Bonchev–Trinajstić information content (AvgIpc) is 2.88. The van der Waals surface area contributed by atoms with Gasteiger partial charge in [0.1, 0.15) is 11.6 Å². The molecule has 1 fully saturated rings. The van der Waals surface area contributed by atoms with Crippen LogP contribution in [0.4, 0.5) is 4.39 Å². The van der Waals surface area contributed by atoms with E-state index in [1.165, 1.54) is 12.1 Å². The first-order valence-electron chi connectivity index (χ1n) is 12.7. The molecule has 192 valence electrons. The molecule has 1 aliphatic heterocycles. The van der Waals surface area contributed by atoms with E-state index in [0.717, 1.165) is 73.1 Å². The van der Waals surface area contributed by atoms with Crippen LogP contribution in [-0.4, -0.2) is 52.8 Å². The Balaban J connectivity index is 1.34. The molecule has 3 atom stereocenters. The van der Waals surface area contributed by atoms with Gasteiger partial charge in [-0.15, -0.1) is 0 Å². The summed E-state index contributed by atoms with van der Waals surface area (Å²) in [6.07, 6.45) is 5.30. The average molecular weight is 495 g/mol. The van der Waals surface area contributed by atoms with Gasteiger partial charge in [0, 0.05) is 24.5 Å². The van der Waals surface area contributed by atoms with Gasteiger partial charge in [-0.25, -0.2) is 4.39 Å². The van der Waals surface area contributed by atoms with Crippen molar-refractivity contribution < 1.29 is 24.1 Å². The standard InChI is InChI=1S/C29H35FN2O4/c1-36-24-9-10-27-26(18-24)25(12-14-31-27)28(33)11-6-21-13-16-32(19-22(21)17-29(34)35)15-2-3-20-4-7-23(30)8-5-20/h4-5,7-10,12,14,18,21-22,28,33H,2-3,6,11,13,15-17,19H2,1H3,(H,34,35)/t21-,22+,28-/m1/s1. The second-order valence-corrected chi connectivity index (χ2v) is 9.81. The van der Waals surface area contributed by atoms with E-state index < -0.39 is 12.1 Å². The van der Waals surface area contributed by atoms with Crippen LogP contribution in [-0.2, 0) is 11.2 Å². The van der Waals surface area contributed by atoms with Gasteiger partial charge in [0.05, 0.1) is 18.7 Å². The molecular formula is C29H35FN2O4. The Morgan fingerprint density at radius 1 is 1.19 bits per heavy atom. The van der Waals surface area contributed by atoms with Crippen molar-refractivity contribution in [3.8, 4) is 5.75 Å². The molecule has 6 nitrogen and oxygen atoms in total. The smallest absolute Gasteiger partial charge is 0.303 e. The quantitative estimate of drug-likeness (QED) is 0.379. The number of carbonyl (C=O) groups is 1. The molecule has 2 heterocycles. The Morgan fingerprint density at radius 3 is 2.75 bits per heavy atom. The number of aryl methyl sites for hydroxylation is 1. The van der Waals surface area contributed by atoms with Crippen LogP contribution in [0.3, 0.4) is 0 Å². The number of hydrogen-bond acceptors (Lipinski definition) is 5. The molecule has 2 aromatic carbocycles. The third-order valence-corrected chi connectivity index (χ3v) is 7.42. The molecule has 4 rings (SSSR count). The van der Waals surface area contributed by atoms with Crippen molar-refractivity contribution in [2.24, 2.45) is 11.8 Å². The van der Waals surface area contributed by atoms with E-state index in [9.17, 15) is 19.4 Å². The Labute approximate surface area is 211 Å². The van der Waals surface area contributed by atoms with Crippen LogP contribution < -0.4 is 4.74 Å². The fraction of sp³-hybridized carbons (Fsp3) is 0.448. The van der Waals surface area contributed by atoms with Crippen LogP contribution in [0.25, 0.3) is 10.9 Å². The Kier molecular flexibility index (Phi) is 8.88. The van der Waals surface area contributed by atoms with Gasteiger partial charge in [0.25, 0.3) is 0 Å². The molecule has 0 unspecified atom stereocenters. The monoisotopic (exact) mass is 494 g/mol. The lowest BCUT2D eigenvalue weighted by Gasteiger charge is -2.38. The maximum atomic E-state index is 13.1. The van der Waals surface area contributed by atoms with Gasteiger partial charge in [-0.2, -0.15) is 0 Å². The summed E-state index contributed by atoms with van der Waals surface area (Å²) in [5, 5.41) is 21.5. The molecule has 2 N–H and O–H groups in total. The van der Waals surface area contributed by atoms with Crippen LogP contribution in [0.2, 0.25) is 0 Å². The molecule has 36 heavy (non-hydrogen) atoms. The highest BCUT2D eigenvalue weighted by molar-refractivity contribution is 5.83. The third-order valence-electron chi connectivity index (χ3n) is 7.42. The number of ether oxygens (including phenoxy) is 1. The van der Waals surface area contributed by atoms with Gasteiger partial charge in [-0.3, -0.25) is 9.78 Å². The second kappa shape index (κ2) is 12.3. The Morgan fingerprint density at radius 2 is 2.00 bits per heavy atom. The predicted molar refractivity (Wildman–Crippen MR) is 137 cm³/mol. The summed E-state index contributed by atoms with van der Waals surface area (Å²) in [6.45, 7) is 2.58. The minimum Gasteiger partial charge on any atom is -0.497 e. The van der Waals surface area contributed by atoms with Crippen LogP contribution in [0.5, 0.6) is 5.75 Å². The number of aromatic nitrogens is 1. The largest absolute Gasteiger partial charge is 0.497 e. The summed E-state index contributed by atoms with van der Waals surface area (Å²) >= 11 is 0. The summed E-state index contributed by atoms with van der Waals surface area (Å²) < 4.78 is 18.5. The van der Waals surface area contributed by atoms with Crippen molar-refractivity contribution in [3.05, 3.63) is 71.7 Å². The molecule has 7 heteroatoms. The number of halogens is 1. The zero-order valence-corrected chi connectivity index (χ0v) is 20.8. The number of aliphatic hydroxyl groups is 1. The number of hydrogen-bond donors (Lipinski definition) is 2. The number of carboxylic acids is 1. The molecular weight excluding hydrogens is 459 g/mol. The number of piperidine rings is 1. The highest BCUT2D eigenvalue weighted by atomic mass is 19.1. The lowest BCUT2D eigenvalue weighted by atomic mass is 9.79. The molecule has 0 bridgehead atoms. The van der Waals surface area contributed by atoms with E-state index in [1.54, 1.807) is 13.3 Å². The predicted octanol–water partition coefficient (Wildman–Crippen LogP) is 5.24. The molecule has 0 aliphatic carbocycles. The van der Waals surface area contributed by atoms with Crippen molar-refractivity contribution >= 4 is 16.9 Å². The fourth-order valence-corrected chi connectivity index (χ4v) is 5.44. The Hall–Kier alpha value is -3.03. The zero-order valence-electron chi connectivity index (χ0n) is 20.8. The first-order chi connectivity index (χ1) is 17.4. The van der Waals surface area contributed by atoms with E-state index in [4.69, 9.17) is 4.74 Å². The number of likely N-dealkylation sites (tertiary alicyclic amines) is 1. The van der Waals surface area contributed by atoms with Gasteiger partial charge < -0.3 is 19.8 Å². The van der Waals surface area contributed by atoms with E-state index in [2.05, 4.69) is 9.88 Å². The van der Waals surface area contributed by atoms with Gasteiger partial charge in [-0.05, 0) is 105 Å². The second-order valence-electron chi connectivity index (χ2n) is 9.81. The van der Waals surface area contributed by atoms with E-state index in [0.29, 0.717) is 6.42 Å². The van der Waals surface area contributed by atoms with Crippen molar-refractivity contribution in [1.29, 1.82) is 0 Å². The maximum absolute atomic E-state index is 13.1. The minimum atomic E-state index is -0.772. The highest BCUT2D eigenvalue weighted by Crippen LogP contribution is 2.34. The molecule has 1 aromatic heterocycles. The van der Waals surface area contributed by atoms with Gasteiger partial charge in [-0.1, -0.05) is 12.1 Å². The number of benzene rings is 2. The molecule has 0 amide bonds. The number of methoxy groups -OCH3 is 1. The first-order valence-corrected chi connectivity index (χ1v) is 12.7. The van der Waals surface area contributed by atoms with E-state index >= 15 is 0 Å². The molecule has 0 spiro atoms. The summed E-state index contributed by atoms with van der Waals surface area (Å²) in [5.41, 5.74) is 2.75. The fourth-order valence-electron chi connectivity index (χ4n) is 5.44. The van der Waals surface area contributed by atoms with Crippen molar-refractivity contribution in [1.82, 2.24) is 9.88 Å². The number of aliphatic hydroxyl groups excluding tert-OH is 1. The molecule has 3 aromatic rings. The summed E-state index contributed by atoms with van der Waals surface area (Å²) in [4.78, 5) is 18.3. The SMILES string of the molecule is COc1ccc2nccc([C@H](O)CC[C@@H]3CCN(CCCc4ccc(F)cc4)C[C@@H]3CC(=O)O)c2c1. The van der Waals surface area contributed by atoms with Crippen LogP contribution >= 0.6 is 0 Å². The normalized spacial score (nSPS) is 19.3. The number of pyridine rings is 1. The maximum Gasteiger partial charge on any atom is 0.303 e. The summed E-state index contributed by atoms with van der Waals surface area (Å²) in [5.74, 6) is 0.0396. The summed E-state index contributed by atoms with van der Waals surface area (Å²) in [7, 11) is 1.62. The number of fused-ring (bicyclic) bond motifs is 1. The number of aliphatic carboxylic acids is 1. The van der Waals surface area contributed by atoms with Gasteiger partial charge >= 0.3 is 5.97 Å². The van der Waals surface area contributed by atoms with Crippen LogP contribution in [0.1, 0.15) is 49.3 Å². The lowest BCUT2D eigenvalue weighted by molar-refractivity contribution is -0.139. The minimum absolute atomic E-state index is 0.0588. The molecule has 1 aliphatic rings. The van der Waals surface area contributed by atoms with Crippen molar-refractivity contribution in [2.45, 2.75) is 44.6 Å². The van der Waals surface area contributed by atoms with E-state index in [1.807, 2.05) is 36.4 Å². The Bertz CT molecular complexity index is 1150. The third kappa shape index (κ3) is 6.80. The molecule has 1 saturated heterocycles. The summed E-state index contributed by atoms with van der Waals surface area (Å²) in [6, 6.07) is 14.1. The molecule has 0 saturated carbocycles. The van der Waals surface area contributed by atoms with Gasteiger partial charge in [0.15, 0.2) is 0 Å². The van der Waals surface area contributed by atoms with Crippen molar-refractivity contribution in [3.63, 3.8) is 0 Å². The van der Waals surface area contributed by atoms with E-state index in [-0.39, 0.29) is 24.1 Å². The topological polar surface area (TPSA) is 82.9 Å². The van der Waals surface area contributed by atoms with Crippen LogP contribution in [0.15, 0.2) is 54.7 Å². The first kappa shape index (κ1) is 26.0. The van der Waals surface area contributed by atoms with Gasteiger partial charge in [0.2, 0.25) is 0 Å². The molecule has 0 radical (unpaired) electrons. The number of rotatable bonds is 11.